The molecule has 0 unspecified atom stereocenters. The lowest BCUT2D eigenvalue weighted by Gasteiger charge is -2.10. The van der Waals surface area contributed by atoms with Crippen LogP contribution in [0.3, 0.4) is 0 Å². The Kier molecular flexibility index (Phi) is 3.84. The molecule has 1 aliphatic rings. The third kappa shape index (κ3) is 2.98. The van der Waals surface area contributed by atoms with Crippen molar-refractivity contribution in [1.29, 1.82) is 0 Å². The fraction of sp³-hybridized carbons (Fsp3) is 0.429. The smallest absolute Gasteiger partial charge is 0.258 e. The summed E-state index contributed by atoms with van der Waals surface area (Å²) in [5.41, 5.74) is 0.731. The van der Waals surface area contributed by atoms with Gasteiger partial charge in [-0.3, -0.25) is 4.79 Å². The molecule has 0 spiro atoms. The first-order valence-electron chi connectivity index (χ1n) is 6.62. The van der Waals surface area contributed by atoms with Crippen molar-refractivity contribution in [3.05, 3.63) is 40.4 Å². The van der Waals surface area contributed by atoms with Gasteiger partial charge in [0.05, 0.1) is 10.9 Å². The summed E-state index contributed by atoms with van der Waals surface area (Å²) in [6.07, 6.45) is 2.01. The molecule has 0 saturated carbocycles. The summed E-state index contributed by atoms with van der Waals surface area (Å²) in [6.45, 7) is 0.868. The second-order valence-electron chi connectivity index (χ2n) is 4.79. The minimum Gasteiger partial charge on any atom is -0.313 e. The van der Waals surface area contributed by atoms with E-state index >= 15 is 0 Å². The SMILES string of the molecule is O=c1[nH]c(CCN[C@H]2CCSC2)nc2ccccc12. The summed E-state index contributed by atoms with van der Waals surface area (Å²) in [6, 6.07) is 8.08. The average Bonchev–Trinajstić information content (AvgIpc) is 2.92. The third-order valence-corrected chi connectivity index (χ3v) is 4.55. The van der Waals surface area contributed by atoms with Crippen LogP contribution < -0.4 is 10.9 Å². The first-order chi connectivity index (χ1) is 9.33. The lowest BCUT2D eigenvalue weighted by atomic mass is 10.2. The van der Waals surface area contributed by atoms with Crippen molar-refractivity contribution in [2.24, 2.45) is 0 Å². The Morgan fingerprint density at radius 1 is 1.42 bits per heavy atom. The average molecular weight is 275 g/mol. The molecule has 1 aromatic carbocycles. The Morgan fingerprint density at radius 3 is 3.16 bits per heavy atom. The molecule has 3 rings (SSSR count). The van der Waals surface area contributed by atoms with E-state index in [9.17, 15) is 4.79 Å². The summed E-state index contributed by atoms with van der Waals surface area (Å²) in [4.78, 5) is 19.3. The van der Waals surface area contributed by atoms with E-state index in [-0.39, 0.29) is 5.56 Å². The number of hydrogen-bond donors (Lipinski definition) is 2. The quantitative estimate of drug-likeness (QED) is 0.889. The molecule has 5 heteroatoms. The van der Waals surface area contributed by atoms with E-state index in [1.165, 1.54) is 17.9 Å². The van der Waals surface area contributed by atoms with Crippen LogP contribution in [0.25, 0.3) is 10.9 Å². The highest BCUT2D eigenvalue weighted by Crippen LogP contribution is 2.16. The van der Waals surface area contributed by atoms with E-state index in [0.29, 0.717) is 11.4 Å². The van der Waals surface area contributed by atoms with Crippen LogP contribution in [-0.4, -0.2) is 34.1 Å². The van der Waals surface area contributed by atoms with Gasteiger partial charge in [-0.1, -0.05) is 12.1 Å². The van der Waals surface area contributed by atoms with Crippen molar-refractivity contribution in [1.82, 2.24) is 15.3 Å². The Balaban J connectivity index is 1.69. The van der Waals surface area contributed by atoms with Crippen LogP contribution >= 0.6 is 11.8 Å². The molecule has 0 bridgehead atoms. The molecule has 1 fully saturated rings. The Morgan fingerprint density at radius 2 is 2.32 bits per heavy atom. The molecule has 0 radical (unpaired) electrons. The zero-order valence-corrected chi connectivity index (χ0v) is 11.5. The summed E-state index contributed by atoms with van der Waals surface area (Å²) in [5, 5.41) is 4.17. The molecular formula is C14H17N3OS. The van der Waals surface area contributed by atoms with Gasteiger partial charge in [-0.2, -0.15) is 11.8 Å². The van der Waals surface area contributed by atoms with E-state index in [2.05, 4.69) is 15.3 Å². The first kappa shape index (κ1) is 12.7. The van der Waals surface area contributed by atoms with Gasteiger partial charge >= 0.3 is 0 Å². The van der Waals surface area contributed by atoms with Gasteiger partial charge in [-0.25, -0.2) is 4.98 Å². The van der Waals surface area contributed by atoms with Gasteiger partial charge in [0, 0.05) is 24.8 Å². The van der Waals surface area contributed by atoms with Crippen molar-refractivity contribution >= 4 is 22.7 Å². The van der Waals surface area contributed by atoms with E-state index in [1.807, 2.05) is 30.0 Å². The zero-order valence-electron chi connectivity index (χ0n) is 10.7. The van der Waals surface area contributed by atoms with Crippen LogP contribution in [0.15, 0.2) is 29.1 Å². The summed E-state index contributed by atoms with van der Waals surface area (Å²) < 4.78 is 0. The highest BCUT2D eigenvalue weighted by Gasteiger charge is 2.14. The first-order valence-corrected chi connectivity index (χ1v) is 7.77. The van der Waals surface area contributed by atoms with E-state index in [0.717, 1.165) is 24.3 Å². The van der Waals surface area contributed by atoms with Crippen LogP contribution in [-0.2, 0) is 6.42 Å². The second-order valence-corrected chi connectivity index (χ2v) is 5.94. The van der Waals surface area contributed by atoms with Crippen molar-refractivity contribution in [3.63, 3.8) is 0 Å². The minimum atomic E-state index is -0.0444. The fourth-order valence-electron chi connectivity index (χ4n) is 2.34. The highest BCUT2D eigenvalue weighted by molar-refractivity contribution is 7.99. The van der Waals surface area contributed by atoms with E-state index in [4.69, 9.17) is 0 Å². The van der Waals surface area contributed by atoms with Gasteiger partial charge in [-0.05, 0) is 24.3 Å². The molecule has 1 aromatic heterocycles. The number of hydrogen-bond acceptors (Lipinski definition) is 4. The Hall–Kier alpha value is -1.33. The predicted molar refractivity (Wildman–Crippen MR) is 79.8 cm³/mol. The van der Waals surface area contributed by atoms with Gasteiger partial charge in [0.1, 0.15) is 5.82 Å². The van der Waals surface area contributed by atoms with Crippen LogP contribution in [0.5, 0.6) is 0 Å². The Bertz CT molecular complexity index is 619. The predicted octanol–water partition coefficient (Wildman–Crippen LogP) is 1.56. The number of aromatic nitrogens is 2. The molecule has 19 heavy (non-hydrogen) atoms. The molecule has 1 atom stereocenters. The van der Waals surface area contributed by atoms with Gasteiger partial charge in [0.2, 0.25) is 0 Å². The number of nitrogens with one attached hydrogen (secondary N) is 2. The number of fused-ring (bicyclic) bond motifs is 1. The normalized spacial score (nSPS) is 19.1. The fourth-order valence-corrected chi connectivity index (χ4v) is 3.53. The molecule has 2 N–H and O–H groups in total. The molecule has 4 nitrogen and oxygen atoms in total. The van der Waals surface area contributed by atoms with Crippen molar-refractivity contribution in [3.8, 4) is 0 Å². The molecule has 100 valence electrons. The monoisotopic (exact) mass is 275 g/mol. The number of H-pyrrole nitrogens is 1. The molecule has 2 aromatic rings. The van der Waals surface area contributed by atoms with Gasteiger partial charge in [-0.15, -0.1) is 0 Å². The largest absolute Gasteiger partial charge is 0.313 e. The topological polar surface area (TPSA) is 57.8 Å². The minimum absolute atomic E-state index is 0.0444. The van der Waals surface area contributed by atoms with Crippen molar-refractivity contribution < 1.29 is 0 Å². The summed E-state index contributed by atoms with van der Waals surface area (Å²) >= 11 is 2.00. The van der Waals surface area contributed by atoms with E-state index < -0.39 is 0 Å². The standard InChI is InChI=1S/C14H17N3OS/c18-14-11-3-1-2-4-12(11)16-13(17-14)5-7-15-10-6-8-19-9-10/h1-4,10,15H,5-9H2,(H,16,17,18)/t10-/m0/s1. The number of thioether (sulfide) groups is 1. The number of para-hydroxylation sites is 1. The highest BCUT2D eigenvalue weighted by atomic mass is 32.2. The van der Waals surface area contributed by atoms with Crippen LogP contribution in [0.4, 0.5) is 0 Å². The van der Waals surface area contributed by atoms with Crippen LogP contribution in [0, 0.1) is 0 Å². The van der Waals surface area contributed by atoms with Crippen LogP contribution in [0.1, 0.15) is 12.2 Å². The second kappa shape index (κ2) is 5.75. The van der Waals surface area contributed by atoms with E-state index in [1.54, 1.807) is 6.07 Å². The molecule has 0 amide bonds. The Labute approximate surface area is 116 Å². The van der Waals surface area contributed by atoms with Gasteiger partial charge in [0.25, 0.3) is 5.56 Å². The number of benzene rings is 1. The zero-order chi connectivity index (χ0) is 13.1. The van der Waals surface area contributed by atoms with Gasteiger partial charge in [0.15, 0.2) is 0 Å². The molecule has 1 aliphatic heterocycles. The lowest BCUT2D eigenvalue weighted by molar-refractivity contribution is 0.555. The van der Waals surface area contributed by atoms with Crippen LogP contribution in [0.2, 0.25) is 0 Å². The number of aromatic amines is 1. The van der Waals surface area contributed by atoms with Gasteiger partial charge < -0.3 is 10.3 Å². The maximum Gasteiger partial charge on any atom is 0.258 e. The van der Waals surface area contributed by atoms with Crippen molar-refractivity contribution in [2.45, 2.75) is 18.9 Å². The third-order valence-electron chi connectivity index (χ3n) is 3.39. The maximum atomic E-state index is 11.9. The number of nitrogens with zero attached hydrogens (tertiary/aromatic N) is 1. The molecule has 0 aliphatic carbocycles. The van der Waals surface area contributed by atoms with Crippen molar-refractivity contribution in [2.75, 3.05) is 18.1 Å². The molecule has 2 heterocycles. The number of rotatable bonds is 4. The molecule has 1 saturated heterocycles. The molecular weight excluding hydrogens is 258 g/mol. The summed E-state index contributed by atoms with van der Waals surface area (Å²) in [7, 11) is 0. The summed E-state index contributed by atoms with van der Waals surface area (Å²) in [5.74, 6) is 3.21. The maximum absolute atomic E-state index is 11.9. The lowest BCUT2D eigenvalue weighted by Crippen LogP contribution is -2.31.